The van der Waals surface area contributed by atoms with E-state index in [0.29, 0.717) is 63.2 Å². The SMILES string of the molecule is CCc1cc(N2C(=S)N(c3ccc(C#N)c(C(F)(F)F)c3)C(=O)C23CCC3)ccc1OCCC1CCN([C@H](C)C(=O)Cc2cccc(CC3CCC(=O)NC3=O)c2)CC1. The number of hydrogen-bond acceptors (Lipinski definition) is 8. The highest BCUT2D eigenvalue weighted by atomic mass is 32.1. The molecule has 10 nitrogen and oxygen atoms in total. The molecule has 1 aliphatic carbocycles. The van der Waals surface area contributed by atoms with Gasteiger partial charge in [-0.05, 0) is 149 Å². The van der Waals surface area contributed by atoms with Gasteiger partial charge in [0.25, 0.3) is 5.91 Å². The molecule has 4 aliphatic rings. The van der Waals surface area contributed by atoms with Crippen molar-refractivity contribution in [1.29, 1.82) is 5.26 Å². The molecule has 3 aromatic carbocycles. The van der Waals surface area contributed by atoms with Crippen molar-refractivity contribution >= 4 is 52.2 Å². The van der Waals surface area contributed by atoms with Crippen molar-refractivity contribution in [2.45, 2.75) is 102 Å². The number of nitriles is 1. The van der Waals surface area contributed by atoms with E-state index < -0.39 is 22.8 Å². The zero-order valence-electron chi connectivity index (χ0n) is 33.3. The molecule has 7 rings (SSSR count). The molecule has 3 amide bonds. The van der Waals surface area contributed by atoms with Crippen molar-refractivity contribution in [1.82, 2.24) is 10.2 Å². The molecule has 1 spiro atoms. The maximum atomic E-state index is 14.0. The molecule has 0 aromatic heterocycles. The number of thiocarbonyl (C=S) groups is 1. The van der Waals surface area contributed by atoms with Gasteiger partial charge >= 0.3 is 6.18 Å². The molecular formula is C45H48F3N5O5S. The minimum absolute atomic E-state index is 0.0197. The van der Waals surface area contributed by atoms with Crippen molar-refractivity contribution in [2.75, 3.05) is 29.5 Å². The lowest BCUT2D eigenvalue weighted by atomic mass is 9.75. The molecule has 14 heteroatoms. The first kappa shape index (κ1) is 42.0. The van der Waals surface area contributed by atoms with Gasteiger partial charge in [-0.2, -0.15) is 18.4 Å². The van der Waals surface area contributed by atoms with Gasteiger partial charge in [0.2, 0.25) is 11.8 Å². The number of Topliss-reactive ketones (excluding diaryl/α,β-unsaturated/α-hetero) is 1. The Kier molecular flexibility index (Phi) is 12.3. The molecule has 0 radical (unpaired) electrons. The fraction of sp³-hybridized carbons (Fsp3) is 0.467. The number of nitrogens with one attached hydrogen (secondary N) is 1. The summed E-state index contributed by atoms with van der Waals surface area (Å²) >= 11 is 5.82. The summed E-state index contributed by atoms with van der Waals surface area (Å²) in [7, 11) is 0. The molecule has 310 valence electrons. The van der Waals surface area contributed by atoms with Crippen LogP contribution < -0.4 is 19.9 Å². The molecule has 0 bridgehead atoms. The number of anilines is 2. The summed E-state index contributed by atoms with van der Waals surface area (Å²) in [6, 6.07) is 18.1. The Morgan fingerprint density at radius 2 is 1.75 bits per heavy atom. The highest BCUT2D eigenvalue weighted by Gasteiger charge is 2.59. The fourth-order valence-electron chi connectivity index (χ4n) is 8.93. The van der Waals surface area contributed by atoms with Crippen molar-refractivity contribution in [3.63, 3.8) is 0 Å². The number of benzene rings is 3. The monoisotopic (exact) mass is 827 g/mol. The molecule has 1 saturated carbocycles. The van der Waals surface area contributed by atoms with Crippen molar-refractivity contribution in [3.8, 4) is 11.8 Å². The second-order valence-corrected chi connectivity index (χ2v) is 16.6. The number of imide groups is 1. The number of ketones is 1. The summed E-state index contributed by atoms with van der Waals surface area (Å²) in [5, 5.41) is 11.8. The molecule has 3 aliphatic heterocycles. The Hall–Kier alpha value is -5.13. The standard InChI is InChI=1S/C45H48F3N5O5S/c1-3-32-25-36(53-43(59)52(42(57)44(53)17-5-18-44)35-10-8-34(27-49)37(26-35)45(46,47)48)11-12-39(32)58-21-16-29-14-19-51(20-15-29)28(2)38(54)24-31-7-4-6-30(22-31)23-33-9-13-40(55)50-41(33)56/h4,6-8,10-12,22,25-26,28-29,33H,3,5,9,13-21,23-24H2,1-2H3,(H,50,55,56)/t28-,33?/m1/s1. The van der Waals surface area contributed by atoms with Crippen LogP contribution in [0.15, 0.2) is 60.7 Å². The highest BCUT2D eigenvalue weighted by molar-refractivity contribution is 7.81. The van der Waals surface area contributed by atoms with Crippen LogP contribution in [-0.4, -0.2) is 64.8 Å². The lowest BCUT2D eigenvalue weighted by molar-refractivity contribution is -0.138. The van der Waals surface area contributed by atoms with Crippen LogP contribution in [0.5, 0.6) is 5.75 Å². The maximum Gasteiger partial charge on any atom is 0.417 e. The highest BCUT2D eigenvalue weighted by Crippen LogP contribution is 2.49. The summed E-state index contributed by atoms with van der Waals surface area (Å²) in [4.78, 5) is 56.3. The first-order chi connectivity index (χ1) is 28.2. The molecular weight excluding hydrogens is 780 g/mol. The van der Waals surface area contributed by atoms with Crippen molar-refractivity contribution in [3.05, 3.63) is 88.5 Å². The van der Waals surface area contributed by atoms with Gasteiger partial charge in [0, 0.05) is 24.4 Å². The summed E-state index contributed by atoms with van der Waals surface area (Å²) < 4.78 is 47.9. The van der Waals surface area contributed by atoms with Crippen LogP contribution in [0.3, 0.4) is 0 Å². The zero-order chi connectivity index (χ0) is 42.1. The Morgan fingerprint density at radius 3 is 2.41 bits per heavy atom. The first-order valence-electron chi connectivity index (χ1n) is 20.5. The van der Waals surface area contributed by atoms with Crippen LogP contribution in [0.25, 0.3) is 0 Å². The molecule has 2 atom stereocenters. The second-order valence-electron chi connectivity index (χ2n) is 16.2. The van der Waals surface area contributed by atoms with E-state index in [1.165, 1.54) is 11.0 Å². The van der Waals surface area contributed by atoms with E-state index in [4.69, 9.17) is 17.0 Å². The number of rotatable bonds is 13. The number of aryl methyl sites for hydroxylation is 1. The van der Waals surface area contributed by atoms with Crippen LogP contribution in [0.4, 0.5) is 24.5 Å². The van der Waals surface area contributed by atoms with E-state index in [1.807, 2.05) is 56.3 Å². The van der Waals surface area contributed by atoms with E-state index >= 15 is 0 Å². The minimum atomic E-state index is -4.78. The van der Waals surface area contributed by atoms with Gasteiger partial charge in [-0.15, -0.1) is 0 Å². The van der Waals surface area contributed by atoms with Crippen LogP contribution in [0, 0.1) is 23.2 Å². The third-order valence-corrected chi connectivity index (χ3v) is 13.0. The average molecular weight is 828 g/mol. The lowest BCUT2D eigenvalue weighted by Gasteiger charge is -2.43. The number of ether oxygens (including phenoxy) is 1. The summed E-state index contributed by atoms with van der Waals surface area (Å²) in [5.41, 5.74) is 0.863. The van der Waals surface area contributed by atoms with Crippen molar-refractivity contribution in [2.24, 2.45) is 11.8 Å². The second kappa shape index (κ2) is 17.2. The number of piperidine rings is 2. The molecule has 1 N–H and O–H groups in total. The van der Waals surface area contributed by atoms with Gasteiger partial charge < -0.3 is 9.64 Å². The number of halogens is 3. The Morgan fingerprint density at radius 1 is 1.02 bits per heavy atom. The van der Waals surface area contributed by atoms with Crippen LogP contribution in [-0.2, 0) is 44.6 Å². The molecule has 3 heterocycles. The van der Waals surface area contributed by atoms with E-state index in [9.17, 15) is 37.6 Å². The van der Waals surface area contributed by atoms with Crippen LogP contribution in [0.1, 0.15) is 93.0 Å². The number of carbonyl (C=O) groups excluding carboxylic acids is 4. The third kappa shape index (κ3) is 8.64. The third-order valence-electron chi connectivity index (χ3n) is 12.6. The summed E-state index contributed by atoms with van der Waals surface area (Å²) in [6.07, 6.45) is 2.16. The van der Waals surface area contributed by atoms with Gasteiger partial charge in [0.15, 0.2) is 10.9 Å². The normalized spacial score (nSPS) is 20.4. The Labute approximate surface area is 347 Å². The van der Waals surface area contributed by atoms with E-state index in [1.54, 1.807) is 11.0 Å². The van der Waals surface area contributed by atoms with Gasteiger partial charge in [-0.1, -0.05) is 31.2 Å². The number of alkyl halides is 3. The predicted octanol–water partition coefficient (Wildman–Crippen LogP) is 7.48. The smallest absolute Gasteiger partial charge is 0.417 e. The Bertz CT molecular complexity index is 2190. The van der Waals surface area contributed by atoms with Gasteiger partial charge in [-0.25, -0.2) is 0 Å². The van der Waals surface area contributed by atoms with E-state index in [0.717, 1.165) is 73.3 Å². The molecule has 59 heavy (non-hydrogen) atoms. The van der Waals surface area contributed by atoms with E-state index in [2.05, 4.69) is 10.2 Å². The van der Waals surface area contributed by atoms with Crippen LogP contribution >= 0.6 is 12.2 Å². The summed E-state index contributed by atoms with van der Waals surface area (Å²) in [5.74, 6) is 0.251. The number of likely N-dealkylation sites (tertiary alicyclic amines) is 1. The zero-order valence-corrected chi connectivity index (χ0v) is 34.1. The maximum absolute atomic E-state index is 14.0. The molecule has 3 saturated heterocycles. The summed E-state index contributed by atoms with van der Waals surface area (Å²) in [6.45, 7) is 6.13. The van der Waals surface area contributed by atoms with E-state index in [-0.39, 0.29) is 46.3 Å². The number of carbonyl (C=O) groups is 4. The van der Waals surface area contributed by atoms with Gasteiger partial charge in [0.1, 0.15) is 11.3 Å². The topological polar surface area (TPSA) is 123 Å². The van der Waals surface area contributed by atoms with Gasteiger partial charge in [0.05, 0.1) is 35.5 Å². The Balaban J connectivity index is 0.923. The number of amides is 3. The quantitative estimate of drug-likeness (QED) is 0.138. The van der Waals surface area contributed by atoms with Crippen molar-refractivity contribution < 1.29 is 37.1 Å². The minimum Gasteiger partial charge on any atom is -0.493 e. The van der Waals surface area contributed by atoms with Gasteiger partial charge in [-0.3, -0.25) is 34.3 Å². The largest absolute Gasteiger partial charge is 0.493 e. The number of hydrogen-bond donors (Lipinski definition) is 1. The molecule has 3 aromatic rings. The lowest BCUT2D eigenvalue weighted by Crippen LogP contribution is -2.55. The molecule has 4 fully saturated rings. The predicted molar refractivity (Wildman–Crippen MR) is 220 cm³/mol. The average Bonchev–Trinajstić information content (AvgIpc) is 3.44. The van der Waals surface area contributed by atoms with Crippen LogP contribution in [0.2, 0.25) is 0 Å². The molecule has 1 unspecified atom stereocenters. The fourth-order valence-corrected chi connectivity index (χ4v) is 9.40. The first-order valence-corrected chi connectivity index (χ1v) is 20.9. The number of nitrogens with zero attached hydrogens (tertiary/aromatic N) is 4.